The standard InChI is InChI=1S/C17H38N2/c1-7-11-18-17(6)10-8-9-12-19(13-15(2)3)14-16(4)5/h15-18H,7-14H2,1-6H3. The maximum Gasteiger partial charge on any atom is 0.00387 e. The summed E-state index contributed by atoms with van der Waals surface area (Å²) in [5, 5.41) is 3.57. The number of nitrogens with zero attached hydrogens (tertiary/aromatic N) is 1. The minimum absolute atomic E-state index is 0.684. The number of nitrogens with one attached hydrogen (secondary N) is 1. The highest BCUT2D eigenvalue weighted by atomic mass is 15.1. The van der Waals surface area contributed by atoms with Crippen molar-refractivity contribution in [2.75, 3.05) is 26.2 Å². The van der Waals surface area contributed by atoms with Crippen molar-refractivity contribution < 1.29 is 0 Å². The van der Waals surface area contributed by atoms with Crippen LogP contribution >= 0.6 is 0 Å². The zero-order valence-electron chi connectivity index (χ0n) is 14.3. The zero-order valence-corrected chi connectivity index (χ0v) is 14.3. The van der Waals surface area contributed by atoms with E-state index in [0.29, 0.717) is 6.04 Å². The van der Waals surface area contributed by atoms with Gasteiger partial charge in [-0.15, -0.1) is 0 Å². The highest BCUT2D eigenvalue weighted by Crippen LogP contribution is 2.07. The Hall–Kier alpha value is -0.0800. The molecular formula is C17H38N2. The second kappa shape index (κ2) is 11.7. The predicted octanol–water partition coefficient (Wildman–Crippen LogP) is 4.16. The van der Waals surface area contributed by atoms with Crippen LogP contribution in [0.15, 0.2) is 0 Å². The largest absolute Gasteiger partial charge is 0.314 e. The van der Waals surface area contributed by atoms with Crippen LogP contribution in [0.3, 0.4) is 0 Å². The molecule has 2 nitrogen and oxygen atoms in total. The highest BCUT2D eigenvalue weighted by Gasteiger charge is 2.09. The van der Waals surface area contributed by atoms with Gasteiger partial charge < -0.3 is 10.2 Å². The first-order chi connectivity index (χ1) is 8.95. The van der Waals surface area contributed by atoms with Gasteiger partial charge in [-0.05, 0) is 51.1 Å². The molecule has 19 heavy (non-hydrogen) atoms. The zero-order chi connectivity index (χ0) is 14.7. The lowest BCUT2D eigenvalue weighted by Crippen LogP contribution is -2.32. The van der Waals surface area contributed by atoms with E-state index in [2.05, 4.69) is 51.8 Å². The monoisotopic (exact) mass is 270 g/mol. The molecule has 1 unspecified atom stereocenters. The van der Waals surface area contributed by atoms with Crippen molar-refractivity contribution in [1.82, 2.24) is 10.2 Å². The normalized spacial score (nSPS) is 13.7. The summed E-state index contributed by atoms with van der Waals surface area (Å²) in [4.78, 5) is 2.65. The van der Waals surface area contributed by atoms with Gasteiger partial charge >= 0.3 is 0 Å². The van der Waals surface area contributed by atoms with Crippen LogP contribution in [0, 0.1) is 11.8 Å². The van der Waals surface area contributed by atoms with Crippen molar-refractivity contribution >= 4 is 0 Å². The second-order valence-electron chi connectivity index (χ2n) is 6.90. The van der Waals surface area contributed by atoms with E-state index in [4.69, 9.17) is 0 Å². The molecule has 1 atom stereocenters. The number of unbranched alkanes of at least 4 members (excludes halogenated alkanes) is 1. The van der Waals surface area contributed by atoms with Crippen LogP contribution in [0.25, 0.3) is 0 Å². The average Bonchev–Trinajstić information content (AvgIpc) is 2.30. The van der Waals surface area contributed by atoms with Crippen molar-refractivity contribution in [3.8, 4) is 0 Å². The van der Waals surface area contributed by atoms with Gasteiger partial charge in [0.1, 0.15) is 0 Å². The maximum atomic E-state index is 3.57. The van der Waals surface area contributed by atoms with Crippen LogP contribution in [0.1, 0.15) is 67.2 Å². The van der Waals surface area contributed by atoms with Gasteiger partial charge in [-0.3, -0.25) is 0 Å². The molecule has 0 aliphatic heterocycles. The van der Waals surface area contributed by atoms with Gasteiger partial charge in [0.15, 0.2) is 0 Å². The Morgan fingerprint density at radius 3 is 1.95 bits per heavy atom. The molecule has 0 saturated carbocycles. The van der Waals surface area contributed by atoms with Crippen LogP contribution in [-0.2, 0) is 0 Å². The molecular weight excluding hydrogens is 232 g/mol. The van der Waals surface area contributed by atoms with Crippen LogP contribution in [0.4, 0.5) is 0 Å². The molecule has 0 amide bonds. The molecule has 1 N–H and O–H groups in total. The van der Waals surface area contributed by atoms with Crippen molar-refractivity contribution in [1.29, 1.82) is 0 Å². The van der Waals surface area contributed by atoms with Gasteiger partial charge in [0.25, 0.3) is 0 Å². The SMILES string of the molecule is CCCNC(C)CCCCN(CC(C)C)CC(C)C. The minimum Gasteiger partial charge on any atom is -0.314 e. The fourth-order valence-corrected chi connectivity index (χ4v) is 2.57. The van der Waals surface area contributed by atoms with E-state index in [1.165, 1.54) is 45.3 Å². The molecule has 116 valence electrons. The van der Waals surface area contributed by atoms with Gasteiger partial charge in [0.05, 0.1) is 0 Å². The topological polar surface area (TPSA) is 15.3 Å². The molecule has 0 aromatic heterocycles. The summed E-state index contributed by atoms with van der Waals surface area (Å²) in [6.07, 6.45) is 5.25. The Kier molecular flexibility index (Phi) is 11.7. The Labute approximate surface area is 122 Å². The van der Waals surface area contributed by atoms with Crippen LogP contribution < -0.4 is 5.32 Å². The second-order valence-corrected chi connectivity index (χ2v) is 6.90. The maximum absolute atomic E-state index is 3.57. The molecule has 0 aliphatic carbocycles. The average molecular weight is 271 g/mol. The van der Waals surface area contributed by atoms with E-state index in [-0.39, 0.29) is 0 Å². The molecule has 0 aliphatic rings. The van der Waals surface area contributed by atoms with Gasteiger partial charge in [0.2, 0.25) is 0 Å². The van der Waals surface area contributed by atoms with Crippen LogP contribution in [0.5, 0.6) is 0 Å². The number of hydrogen-bond acceptors (Lipinski definition) is 2. The van der Waals surface area contributed by atoms with Gasteiger partial charge in [-0.1, -0.05) is 41.0 Å². The third kappa shape index (κ3) is 12.7. The van der Waals surface area contributed by atoms with Crippen molar-refractivity contribution in [2.45, 2.75) is 73.3 Å². The molecule has 0 fully saturated rings. The Morgan fingerprint density at radius 2 is 1.47 bits per heavy atom. The summed E-state index contributed by atoms with van der Waals surface area (Å²) < 4.78 is 0. The lowest BCUT2D eigenvalue weighted by molar-refractivity contribution is 0.214. The molecule has 0 spiro atoms. The van der Waals surface area contributed by atoms with Crippen molar-refractivity contribution in [3.05, 3.63) is 0 Å². The first-order valence-corrected chi connectivity index (χ1v) is 8.41. The quantitative estimate of drug-likeness (QED) is 0.536. The summed E-state index contributed by atoms with van der Waals surface area (Å²) in [5.41, 5.74) is 0. The molecule has 0 rings (SSSR count). The Bertz CT molecular complexity index is 180. The lowest BCUT2D eigenvalue weighted by Gasteiger charge is -2.26. The van der Waals surface area contributed by atoms with E-state index in [1.807, 2.05) is 0 Å². The van der Waals surface area contributed by atoms with E-state index in [9.17, 15) is 0 Å². The van der Waals surface area contributed by atoms with E-state index >= 15 is 0 Å². The summed E-state index contributed by atoms with van der Waals surface area (Å²) in [5.74, 6) is 1.56. The Balaban J connectivity index is 3.73. The molecule has 0 aromatic rings. The van der Waals surface area contributed by atoms with E-state index < -0.39 is 0 Å². The van der Waals surface area contributed by atoms with Crippen molar-refractivity contribution in [2.24, 2.45) is 11.8 Å². The summed E-state index contributed by atoms with van der Waals surface area (Å²) in [6, 6.07) is 0.684. The smallest absolute Gasteiger partial charge is 0.00387 e. The molecule has 0 saturated heterocycles. The van der Waals surface area contributed by atoms with Gasteiger partial charge in [-0.2, -0.15) is 0 Å². The first-order valence-electron chi connectivity index (χ1n) is 8.41. The van der Waals surface area contributed by atoms with Crippen LogP contribution in [0.2, 0.25) is 0 Å². The van der Waals surface area contributed by atoms with Crippen molar-refractivity contribution in [3.63, 3.8) is 0 Å². The molecule has 0 bridgehead atoms. The molecule has 0 radical (unpaired) electrons. The first kappa shape index (κ1) is 18.9. The van der Waals surface area contributed by atoms with Gasteiger partial charge in [0, 0.05) is 19.1 Å². The minimum atomic E-state index is 0.684. The highest BCUT2D eigenvalue weighted by molar-refractivity contribution is 4.65. The van der Waals surface area contributed by atoms with E-state index in [0.717, 1.165) is 18.4 Å². The number of rotatable bonds is 12. The van der Waals surface area contributed by atoms with Crippen LogP contribution in [-0.4, -0.2) is 37.1 Å². The third-order valence-corrected chi connectivity index (χ3v) is 3.35. The summed E-state index contributed by atoms with van der Waals surface area (Å²) in [6.45, 7) is 18.8. The fourth-order valence-electron chi connectivity index (χ4n) is 2.57. The summed E-state index contributed by atoms with van der Waals surface area (Å²) >= 11 is 0. The van der Waals surface area contributed by atoms with E-state index in [1.54, 1.807) is 0 Å². The third-order valence-electron chi connectivity index (χ3n) is 3.35. The number of hydrogen-bond donors (Lipinski definition) is 1. The molecule has 0 aromatic carbocycles. The Morgan fingerprint density at radius 1 is 0.895 bits per heavy atom. The predicted molar refractivity (Wildman–Crippen MR) is 87.7 cm³/mol. The summed E-state index contributed by atoms with van der Waals surface area (Å²) in [7, 11) is 0. The molecule has 2 heteroatoms. The lowest BCUT2D eigenvalue weighted by atomic mass is 10.1. The fraction of sp³-hybridized carbons (Fsp3) is 1.00. The van der Waals surface area contributed by atoms with Gasteiger partial charge in [-0.25, -0.2) is 0 Å². The molecule has 0 heterocycles.